The fourth-order valence-electron chi connectivity index (χ4n) is 3.61. The number of benzene rings is 3. The van der Waals surface area contributed by atoms with Gasteiger partial charge in [-0.25, -0.2) is 4.98 Å². The van der Waals surface area contributed by atoms with Gasteiger partial charge in [0, 0.05) is 39.4 Å². The quantitative estimate of drug-likeness (QED) is 0.358. The van der Waals surface area contributed by atoms with Crippen molar-refractivity contribution in [2.45, 2.75) is 18.5 Å². The van der Waals surface area contributed by atoms with Crippen molar-refractivity contribution >= 4 is 45.7 Å². The zero-order chi connectivity index (χ0) is 20.7. The monoisotopic (exact) mass is 432 g/mol. The van der Waals surface area contributed by atoms with Gasteiger partial charge in [0.2, 0.25) is 11.1 Å². The van der Waals surface area contributed by atoms with E-state index in [1.165, 1.54) is 22.5 Å². The number of aryl methyl sites for hydroxylation is 1. The molecule has 0 fully saturated rings. The Labute approximate surface area is 182 Å². The Morgan fingerprint density at radius 2 is 1.80 bits per heavy atom. The molecule has 3 aromatic carbocycles. The van der Waals surface area contributed by atoms with Crippen LogP contribution in [-0.4, -0.2) is 26.8 Å². The third-order valence-corrected chi connectivity index (χ3v) is 6.34. The second kappa shape index (κ2) is 7.70. The topological polar surface area (TPSA) is 67.8 Å². The lowest BCUT2D eigenvalue weighted by atomic mass is 10.0. The third-order valence-electron chi connectivity index (χ3n) is 5.10. The fourth-order valence-corrected chi connectivity index (χ4v) is 4.51. The molecule has 0 saturated carbocycles. The Morgan fingerprint density at radius 1 is 1.03 bits per heavy atom. The third kappa shape index (κ3) is 3.42. The second-order valence-corrected chi connectivity index (χ2v) is 8.58. The van der Waals surface area contributed by atoms with Crippen LogP contribution in [0.25, 0.3) is 33.3 Å². The Hall–Kier alpha value is -2.96. The van der Waals surface area contributed by atoms with E-state index in [-0.39, 0.29) is 5.91 Å². The van der Waals surface area contributed by atoms with Crippen molar-refractivity contribution in [2.75, 3.05) is 11.1 Å². The van der Waals surface area contributed by atoms with Gasteiger partial charge in [0.25, 0.3) is 0 Å². The van der Waals surface area contributed by atoms with Gasteiger partial charge in [-0.1, -0.05) is 65.8 Å². The molecular formula is C23H17ClN4OS. The van der Waals surface area contributed by atoms with Crippen molar-refractivity contribution in [1.29, 1.82) is 0 Å². The predicted octanol–water partition coefficient (Wildman–Crippen LogP) is 5.75. The summed E-state index contributed by atoms with van der Waals surface area (Å²) in [7, 11) is 0. The number of anilines is 1. The summed E-state index contributed by atoms with van der Waals surface area (Å²) < 4.78 is 0. The number of nitrogens with one attached hydrogen (secondary N) is 1. The van der Waals surface area contributed by atoms with Crippen LogP contribution >= 0.6 is 23.4 Å². The number of thioether (sulfide) groups is 1. The fraction of sp³-hybridized carbons (Fsp3) is 0.130. The molecule has 0 aliphatic heterocycles. The summed E-state index contributed by atoms with van der Waals surface area (Å²) in [6, 6.07) is 17.9. The number of rotatable bonds is 5. The van der Waals surface area contributed by atoms with Crippen molar-refractivity contribution in [3.63, 3.8) is 0 Å². The molecule has 0 spiro atoms. The highest BCUT2D eigenvalue weighted by atomic mass is 35.5. The molecule has 7 heteroatoms. The normalized spacial score (nSPS) is 11.5. The molecular weight excluding hydrogens is 416 g/mol. The van der Waals surface area contributed by atoms with Crippen molar-refractivity contribution in [2.24, 2.45) is 0 Å². The average molecular weight is 433 g/mol. The molecule has 1 aliphatic rings. The second-order valence-electron chi connectivity index (χ2n) is 7.11. The molecule has 0 unspecified atom stereocenters. The van der Waals surface area contributed by atoms with Crippen LogP contribution in [0.15, 0.2) is 59.8 Å². The molecule has 148 valence electrons. The molecule has 5 rings (SSSR count). The molecule has 1 aliphatic carbocycles. The van der Waals surface area contributed by atoms with E-state index in [1.54, 1.807) is 6.07 Å². The molecule has 1 heterocycles. The van der Waals surface area contributed by atoms with Crippen LogP contribution in [0.1, 0.15) is 12.0 Å². The number of carbonyl (C=O) groups excluding carboxylic acids is 1. The van der Waals surface area contributed by atoms with E-state index in [9.17, 15) is 4.79 Å². The smallest absolute Gasteiger partial charge is 0.225 e. The first kappa shape index (κ1) is 19.0. The van der Waals surface area contributed by atoms with Gasteiger partial charge in [0.1, 0.15) is 11.4 Å². The molecule has 1 amide bonds. The van der Waals surface area contributed by atoms with E-state index in [1.807, 2.05) is 31.2 Å². The van der Waals surface area contributed by atoms with E-state index in [0.29, 0.717) is 28.0 Å². The summed E-state index contributed by atoms with van der Waals surface area (Å²) in [5.41, 5.74) is 5.51. The molecule has 0 atom stereocenters. The maximum absolute atomic E-state index is 12.2. The van der Waals surface area contributed by atoms with Crippen LogP contribution in [0, 0.1) is 6.92 Å². The summed E-state index contributed by atoms with van der Waals surface area (Å²) in [5, 5.41) is 15.1. The van der Waals surface area contributed by atoms with Gasteiger partial charge in [-0.05, 0) is 30.0 Å². The van der Waals surface area contributed by atoms with Crippen molar-refractivity contribution in [3.8, 4) is 22.5 Å². The zero-order valence-corrected chi connectivity index (χ0v) is 17.7. The van der Waals surface area contributed by atoms with Crippen LogP contribution < -0.4 is 5.32 Å². The van der Waals surface area contributed by atoms with Crippen LogP contribution in [0.2, 0.25) is 5.02 Å². The predicted molar refractivity (Wildman–Crippen MR) is 122 cm³/mol. The highest BCUT2D eigenvalue weighted by molar-refractivity contribution is 7.99. The highest BCUT2D eigenvalue weighted by Gasteiger charge is 2.24. The number of hydrogen-bond donors (Lipinski definition) is 1. The van der Waals surface area contributed by atoms with Gasteiger partial charge in [-0.2, -0.15) is 0 Å². The van der Waals surface area contributed by atoms with Gasteiger partial charge in [-0.15, -0.1) is 10.2 Å². The number of halogens is 1. The number of hydrogen-bond acceptors (Lipinski definition) is 5. The molecule has 1 aromatic heterocycles. The molecule has 30 heavy (non-hydrogen) atoms. The number of fused-ring (bicyclic) bond motifs is 3. The van der Waals surface area contributed by atoms with Gasteiger partial charge < -0.3 is 5.32 Å². The van der Waals surface area contributed by atoms with E-state index in [2.05, 4.69) is 39.8 Å². The summed E-state index contributed by atoms with van der Waals surface area (Å²) in [4.78, 5) is 17.0. The standard InChI is InChI=1S/C23H17ClN4OS/c1-13-8-9-15(12-18(13)24)25-19(29)10-11-30-23-26-21-16-6-2-4-14-5-3-7-17(20(14)16)22(21)27-28-23/h2-9,12H,10-11H2,1H3,(H,25,29). The first-order chi connectivity index (χ1) is 14.6. The van der Waals surface area contributed by atoms with E-state index in [0.717, 1.165) is 28.1 Å². The first-order valence-electron chi connectivity index (χ1n) is 9.56. The van der Waals surface area contributed by atoms with E-state index < -0.39 is 0 Å². The molecule has 1 N–H and O–H groups in total. The summed E-state index contributed by atoms with van der Waals surface area (Å²) >= 11 is 7.54. The van der Waals surface area contributed by atoms with Crippen molar-refractivity contribution in [3.05, 3.63) is 65.2 Å². The van der Waals surface area contributed by atoms with Gasteiger partial charge in [0.15, 0.2) is 0 Å². The Balaban J connectivity index is 1.27. The SMILES string of the molecule is Cc1ccc(NC(=O)CCSc2nnc3c(n2)-c2cccc4cccc-3c24)cc1Cl. The van der Waals surface area contributed by atoms with Crippen LogP contribution in [0.3, 0.4) is 0 Å². The maximum atomic E-state index is 12.2. The minimum Gasteiger partial charge on any atom is -0.326 e. The van der Waals surface area contributed by atoms with Crippen molar-refractivity contribution < 1.29 is 4.79 Å². The van der Waals surface area contributed by atoms with E-state index in [4.69, 9.17) is 16.6 Å². The molecule has 5 nitrogen and oxygen atoms in total. The summed E-state index contributed by atoms with van der Waals surface area (Å²) in [5.74, 6) is 0.483. The Bertz CT molecular complexity index is 1300. The number of carbonyl (C=O) groups is 1. The lowest BCUT2D eigenvalue weighted by molar-refractivity contribution is -0.115. The number of nitrogens with zero attached hydrogens (tertiary/aromatic N) is 3. The highest BCUT2D eigenvalue weighted by Crippen LogP contribution is 2.44. The van der Waals surface area contributed by atoms with Gasteiger partial charge in [0.05, 0.1) is 0 Å². The lowest BCUT2D eigenvalue weighted by Gasteiger charge is -2.07. The van der Waals surface area contributed by atoms with Gasteiger partial charge >= 0.3 is 0 Å². The van der Waals surface area contributed by atoms with Crippen LogP contribution in [0.5, 0.6) is 0 Å². The number of aromatic nitrogens is 3. The maximum Gasteiger partial charge on any atom is 0.225 e. The molecule has 0 radical (unpaired) electrons. The molecule has 0 saturated heterocycles. The van der Waals surface area contributed by atoms with Crippen LogP contribution in [-0.2, 0) is 4.79 Å². The summed E-state index contributed by atoms with van der Waals surface area (Å²) in [6.07, 6.45) is 0.340. The minimum absolute atomic E-state index is 0.0753. The zero-order valence-electron chi connectivity index (χ0n) is 16.1. The molecule has 0 bridgehead atoms. The first-order valence-corrected chi connectivity index (χ1v) is 10.9. The largest absolute Gasteiger partial charge is 0.326 e. The Kier molecular flexibility index (Phi) is 4.89. The Morgan fingerprint density at radius 3 is 2.57 bits per heavy atom. The summed E-state index contributed by atoms with van der Waals surface area (Å²) in [6.45, 7) is 1.92. The molecule has 4 aromatic rings. The number of amides is 1. The van der Waals surface area contributed by atoms with Gasteiger partial charge in [-0.3, -0.25) is 4.79 Å². The van der Waals surface area contributed by atoms with E-state index >= 15 is 0 Å². The minimum atomic E-state index is -0.0753. The lowest BCUT2D eigenvalue weighted by Crippen LogP contribution is -2.12. The van der Waals surface area contributed by atoms with Crippen molar-refractivity contribution in [1.82, 2.24) is 15.2 Å². The average Bonchev–Trinajstić information content (AvgIpc) is 3.06. The van der Waals surface area contributed by atoms with Crippen LogP contribution in [0.4, 0.5) is 5.69 Å².